The lowest BCUT2D eigenvalue weighted by Gasteiger charge is -2.34. The van der Waals surface area contributed by atoms with Crippen LogP contribution in [0, 0.1) is 5.41 Å². The van der Waals surface area contributed by atoms with E-state index in [-0.39, 0.29) is 23.7 Å². The van der Waals surface area contributed by atoms with Gasteiger partial charge < -0.3 is 20.1 Å². The van der Waals surface area contributed by atoms with Crippen LogP contribution in [0.2, 0.25) is 0 Å². The van der Waals surface area contributed by atoms with Gasteiger partial charge in [-0.3, -0.25) is 4.79 Å². The third-order valence-corrected chi connectivity index (χ3v) is 4.29. The molecular formula is C16H23ClN2O3. The number of fused-ring (bicyclic) bond motifs is 1. The highest BCUT2D eigenvalue weighted by Gasteiger charge is 2.27. The minimum atomic E-state index is -0.0493. The molecule has 122 valence electrons. The molecule has 1 aromatic carbocycles. The summed E-state index contributed by atoms with van der Waals surface area (Å²) in [4.78, 5) is 12.3. The maximum absolute atomic E-state index is 12.3. The quantitative estimate of drug-likeness (QED) is 0.892. The lowest BCUT2D eigenvalue weighted by Crippen LogP contribution is -2.42. The van der Waals surface area contributed by atoms with Crippen LogP contribution in [0.25, 0.3) is 0 Å². The molecule has 2 aliphatic heterocycles. The van der Waals surface area contributed by atoms with E-state index in [0.29, 0.717) is 36.8 Å². The molecule has 0 unspecified atom stereocenters. The van der Waals surface area contributed by atoms with Crippen LogP contribution in [0.3, 0.4) is 0 Å². The second-order valence-corrected chi connectivity index (χ2v) is 6.10. The Morgan fingerprint density at radius 3 is 2.64 bits per heavy atom. The fraction of sp³-hybridized carbons (Fsp3) is 0.562. The molecule has 0 radical (unpaired) electrons. The second kappa shape index (κ2) is 7.20. The summed E-state index contributed by atoms with van der Waals surface area (Å²) >= 11 is 0. The zero-order valence-corrected chi connectivity index (χ0v) is 13.6. The summed E-state index contributed by atoms with van der Waals surface area (Å²) in [6.45, 7) is 6.08. The summed E-state index contributed by atoms with van der Waals surface area (Å²) in [5.74, 6) is 1.32. The van der Waals surface area contributed by atoms with E-state index in [1.165, 1.54) is 0 Å². The summed E-state index contributed by atoms with van der Waals surface area (Å²) in [6.07, 6.45) is 2.18. The van der Waals surface area contributed by atoms with Crippen molar-refractivity contribution < 1.29 is 14.3 Å². The molecule has 0 bridgehead atoms. The van der Waals surface area contributed by atoms with Crippen molar-refractivity contribution in [3.63, 3.8) is 0 Å². The van der Waals surface area contributed by atoms with Crippen molar-refractivity contribution in [2.45, 2.75) is 19.8 Å². The van der Waals surface area contributed by atoms with Gasteiger partial charge in [0.15, 0.2) is 11.5 Å². The van der Waals surface area contributed by atoms with Crippen molar-refractivity contribution in [2.75, 3.05) is 32.8 Å². The molecule has 2 heterocycles. The molecule has 2 aliphatic rings. The molecule has 0 saturated carbocycles. The number of carbonyl (C=O) groups excluding carboxylic acids is 1. The van der Waals surface area contributed by atoms with Gasteiger partial charge in [-0.25, -0.2) is 0 Å². The molecule has 6 heteroatoms. The van der Waals surface area contributed by atoms with E-state index in [1.54, 1.807) is 18.2 Å². The first-order valence-corrected chi connectivity index (χ1v) is 7.55. The van der Waals surface area contributed by atoms with Crippen LogP contribution in [0.1, 0.15) is 30.1 Å². The summed E-state index contributed by atoms with van der Waals surface area (Å²) in [7, 11) is 0. The van der Waals surface area contributed by atoms with Crippen molar-refractivity contribution in [1.29, 1.82) is 0 Å². The summed E-state index contributed by atoms with van der Waals surface area (Å²) < 4.78 is 11.0. The molecule has 0 spiro atoms. The largest absolute Gasteiger partial charge is 0.486 e. The van der Waals surface area contributed by atoms with E-state index < -0.39 is 0 Å². The highest BCUT2D eigenvalue weighted by molar-refractivity contribution is 5.94. The molecule has 1 fully saturated rings. The van der Waals surface area contributed by atoms with Crippen LogP contribution >= 0.6 is 12.4 Å². The molecule has 0 atom stereocenters. The van der Waals surface area contributed by atoms with Crippen molar-refractivity contribution >= 4 is 18.3 Å². The predicted molar refractivity (Wildman–Crippen MR) is 87.2 cm³/mol. The lowest BCUT2D eigenvalue weighted by atomic mass is 9.81. The van der Waals surface area contributed by atoms with Crippen molar-refractivity contribution in [3.05, 3.63) is 23.8 Å². The van der Waals surface area contributed by atoms with Crippen LogP contribution < -0.4 is 20.1 Å². The summed E-state index contributed by atoms with van der Waals surface area (Å²) in [6, 6.07) is 5.35. The first kappa shape index (κ1) is 16.9. The first-order valence-electron chi connectivity index (χ1n) is 7.55. The molecule has 3 rings (SSSR count). The average Bonchev–Trinajstić information content (AvgIpc) is 2.53. The maximum atomic E-state index is 12.3. The van der Waals surface area contributed by atoms with Crippen molar-refractivity contribution in [2.24, 2.45) is 5.41 Å². The molecule has 0 aliphatic carbocycles. The van der Waals surface area contributed by atoms with Gasteiger partial charge in [0, 0.05) is 12.1 Å². The van der Waals surface area contributed by atoms with Gasteiger partial charge in [0.1, 0.15) is 13.2 Å². The first-order chi connectivity index (χ1) is 10.2. The normalized spacial score (nSPS) is 19.0. The smallest absolute Gasteiger partial charge is 0.251 e. The van der Waals surface area contributed by atoms with Crippen LogP contribution in [0.15, 0.2) is 18.2 Å². The van der Waals surface area contributed by atoms with Crippen LogP contribution in [-0.2, 0) is 0 Å². The van der Waals surface area contributed by atoms with E-state index in [1.807, 2.05) is 0 Å². The predicted octanol–water partition coefficient (Wildman–Crippen LogP) is 2.00. The number of piperidine rings is 1. The fourth-order valence-electron chi connectivity index (χ4n) is 2.79. The Morgan fingerprint density at radius 1 is 1.23 bits per heavy atom. The number of nitrogens with one attached hydrogen (secondary N) is 2. The third-order valence-electron chi connectivity index (χ3n) is 4.29. The van der Waals surface area contributed by atoms with Gasteiger partial charge in [0.2, 0.25) is 0 Å². The average molecular weight is 327 g/mol. The highest BCUT2D eigenvalue weighted by Crippen LogP contribution is 2.31. The number of hydrogen-bond donors (Lipinski definition) is 2. The van der Waals surface area contributed by atoms with Gasteiger partial charge >= 0.3 is 0 Å². The van der Waals surface area contributed by atoms with Crippen molar-refractivity contribution in [1.82, 2.24) is 10.6 Å². The van der Waals surface area contributed by atoms with Gasteiger partial charge in [-0.1, -0.05) is 6.92 Å². The number of amides is 1. The van der Waals surface area contributed by atoms with Gasteiger partial charge in [-0.2, -0.15) is 0 Å². The van der Waals surface area contributed by atoms with E-state index in [4.69, 9.17) is 9.47 Å². The maximum Gasteiger partial charge on any atom is 0.251 e. The van der Waals surface area contributed by atoms with Crippen LogP contribution in [0.5, 0.6) is 11.5 Å². The summed E-state index contributed by atoms with van der Waals surface area (Å²) in [5.41, 5.74) is 0.811. The van der Waals surface area contributed by atoms with E-state index in [0.717, 1.165) is 25.9 Å². The minimum absolute atomic E-state index is 0. The molecule has 5 nitrogen and oxygen atoms in total. The highest BCUT2D eigenvalue weighted by atomic mass is 35.5. The molecule has 2 N–H and O–H groups in total. The number of carbonyl (C=O) groups is 1. The Hall–Kier alpha value is -1.46. The second-order valence-electron chi connectivity index (χ2n) is 6.10. The van der Waals surface area contributed by atoms with E-state index >= 15 is 0 Å². The van der Waals surface area contributed by atoms with E-state index in [9.17, 15) is 4.79 Å². The molecule has 1 amide bonds. The molecule has 1 saturated heterocycles. The zero-order chi connectivity index (χ0) is 14.7. The van der Waals surface area contributed by atoms with Gasteiger partial charge in [-0.15, -0.1) is 12.4 Å². The van der Waals surface area contributed by atoms with Gasteiger partial charge in [-0.05, 0) is 49.5 Å². The Labute approximate surface area is 137 Å². The molecule has 0 aromatic heterocycles. The Morgan fingerprint density at radius 2 is 1.91 bits per heavy atom. The number of rotatable bonds is 3. The minimum Gasteiger partial charge on any atom is -0.486 e. The van der Waals surface area contributed by atoms with Crippen molar-refractivity contribution in [3.8, 4) is 11.5 Å². The number of ether oxygens (including phenoxy) is 2. The Balaban J connectivity index is 0.00000176. The topological polar surface area (TPSA) is 59.6 Å². The van der Waals surface area contributed by atoms with Crippen LogP contribution in [-0.4, -0.2) is 38.8 Å². The zero-order valence-electron chi connectivity index (χ0n) is 12.8. The molecule has 22 heavy (non-hydrogen) atoms. The lowest BCUT2D eigenvalue weighted by molar-refractivity contribution is 0.0921. The number of benzene rings is 1. The number of hydrogen-bond acceptors (Lipinski definition) is 4. The Kier molecular flexibility index (Phi) is 5.53. The van der Waals surface area contributed by atoms with Gasteiger partial charge in [0.05, 0.1) is 0 Å². The SMILES string of the molecule is CC1(CNC(=O)c2ccc3c(c2)OCCO3)CCNCC1.Cl. The van der Waals surface area contributed by atoms with Crippen LogP contribution in [0.4, 0.5) is 0 Å². The number of halogens is 1. The van der Waals surface area contributed by atoms with Gasteiger partial charge in [0.25, 0.3) is 5.91 Å². The van der Waals surface area contributed by atoms with E-state index in [2.05, 4.69) is 17.6 Å². The monoisotopic (exact) mass is 326 g/mol. The molecular weight excluding hydrogens is 304 g/mol. The standard InChI is InChI=1S/C16H22N2O3.ClH/c1-16(4-6-17-7-5-16)11-18-15(19)12-2-3-13-14(10-12)21-9-8-20-13;/h2-3,10,17H,4-9,11H2,1H3,(H,18,19);1H. The fourth-order valence-corrected chi connectivity index (χ4v) is 2.79. The Bertz CT molecular complexity index is 530. The summed E-state index contributed by atoms with van der Waals surface area (Å²) in [5, 5.41) is 6.40. The third kappa shape index (κ3) is 3.84. The molecule has 1 aromatic rings.